The lowest BCUT2D eigenvalue weighted by atomic mass is 10.4. The average molecular weight is 391 g/mol. The van der Waals surface area contributed by atoms with Crippen molar-refractivity contribution in [2.45, 2.75) is 65.7 Å². The molecule has 0 amide bonds. The summed E-state index contributed by atoms with van der Waals surface area (Å²) in [7, 11) is -12.9. The van der Waals surface area contributed by atoms with Crippen LogP contribution in [0.2, 0.25) is 26.2 Å². The quantitative estimate of drug-likeness (QED) is 0.504. The molecular weight excluding hydrogens is 360 g/mol. The first-order valence-electron chi connectivity index (χ1n) is 7.65. The molecule has 0 aliphatic rings. The molecule has 0 atom stereocenters. The Kier molecular flexibility index (Phi) is 8.48. The van der Waals surface area contributed by atoms with Crippen molar-refractivity contribution in [2.75, 3.05) is 11.5 Å². The largest absolute Gasteiger partial charge is 0.316 e. The Bertz CT molecular complexity index is 490. The average Bonchev–Trinajstić information content (AvgIpc) is 2.31. The Balaban J connectivity index is 5.08. The van der Waals surface area contributed by atoms with Crippen LogP contribution < -0.4 is 0 Å². The minimum atomic E-state index is -3.64. The standard InChI is InChI=1S/C12H30O6S2Si2/c1-7-9-11-19(13,14)17-21(3,4)22(5,6)18-20(15,16)12-10-8-2/h7-12H2,1-6H3. The second-order valence-corrected chi connectivity index (χ2v) is 24.1. The Morgan fingerprint density at radius 1 is 0.682 bits per heavy atom. The van der Waals surface area contributed by atoms with Gasteiger partial charge in [-0.1, -0.05) is 26.7 Å². The Morgan fingerprint density at radius 2 is 0.955 bits per heavy atom. The number of unbranched alkanes of at least 4 members (excludes halogenated alkanes) is 2. The number of hydrogen-bond acceptors (Lipinski definition) is 6. The van der Waals surface area contributed by atoms with Gasteiger partial charge in [-0.25, -0.2) is 16.8 Å². The summed E-state index contributed by atoms with van der Waals surface area (Å²) in [5, 5.41) is 0. The van der Waals surface area contributed by atoms with Crippen molar-refractivity contribution in [3.05, 3.63) is 0 Å². The van der Waals surface area contributed by atoms with E-state index in [2.05, 4.69) is 0 Å². The summed E-state index contributed by atoms with van der Waals surface area (Å²) >= 11 is 0. The molecule has 0 aromatic carbocycles. The van der Waals surface area contributed by atoms with E-state index in [0.29, 0.717) is 12.8 Å². The van der Waals surface area contributed by atoms with Crippen LogP contribution in [0, 0.1) is 0 Å². The van der Waals surface area contributed by atoms with E-state index in [0.717, 1.165) is 12.8 Å². The van der Waals surface area contributed by atoms with E-state index in [4.69, 9.17) is 7.74 Å². The molecule has 0 aromatic rings. The molecule has 0 fully saturated rings. The molecule has 0 unspecified atom stereocenters. The van der Waals surface area contributed by atoms with Gasteiger partial charge in [0, 0.05) is 0 Å². The zero-order chi connectivity index (χ0) is 17.7. The molecule has 0 rings (SSSR count). The van der Waals surface area contributed by atoms with E-state index in [-0.39, 0.29) is 11.5 Å². The molecule has 0 saturated carbocycles. The van der Waals surface area contributed by atoms with Gasteiger partial charge in [-0.15, -0.1) is 0 Å². The minimum absolute atomic E-state index is 0.0347. The van der Waals surface area contributed by atoms with Crippen LogP contribution in [0.1, 0.15) is 39.5 Å². The van der Waals surface area contributed by atoms with Crippen molar-refractivity contribution in [1.29, 1.82) is 0 Å². The van der Waals surface area contributed by atoms with E-state index in [1.54, 1.807) is 26.2 Å². The minimum Gasteiger partial charge on any atom is -0.316 e. The first-order valence-corrected chi connectivity index (χ1v) is 17.6. The summed E-state index contributed by atoms with van der Waals surface area (Å²) in [5.74, 6) is -0.0695. The van der Waals surface area contributed by atoms with Crippen molar-refractivity contribution in [1.82, 2.24) is 0 Å². The van der Waals surface area contributed by atoms with Crippen molar-refractivity contribution in [2.24, 2.45) is 0 Å². The maximum atomic E-state index is 12.0. The molecule has 0 aliphatic carbocycles. The predicted octanol–water partition coefficient (Wildman–Crippen LogP) is 2.77. The zero-order valence-electron chi connectivity index (χ0n) is 14.5. The van der Waals surface area contributed by atoms with Gasteiger partial charge >= 0.3 is 0 Å². The highest BCUT2D eigenvalue weighted by molar-refractivity contribution is 7.89. The van der Waals surface area contributed by atoms with Crippen molar-refractivity contribution < 1.29 is 24.6 Å². The van der Waals surface area contributed by atoms with Crippen LogP contribution in [0.4, 0.5) is 0 Å². The molecule has 10 heteroatoms. The van der Waals surface area contributed by atoms with Gasteiger partial charge in [0.05, 0.1) is 11.5 Å². The number of rotatable bonds is 11. The fourth-order valence-corrected chi connectivity index (χ4v) is 16.1. The summed E-state index contributed by atoms with van der Waals surface area (Å²) < 4.78 is 58.9. The van der Waals surface area contributed by atoms with Gasteiger partial charge in [-0.05, 0) is 39.0 Å². The first kappa shape index (κ1) is 22.3. The first-order chi connectivity index (χ1) is 9.79. The second-order valence-electron chi connectivity index (χ2n) is 6.42. The molecule has 134 valence electrons. The lowest BCUT2D eigenvalue weighted by Crippen LogP contribution is -2.61. The fraction of sp³-hybridized carbons (Fsp3) is 1.00. The van der Waals surface area contributed by atoms with E-state index >= 15 is 0 Å². The van der Waals surface area contributed by atoms with Crippen LogP contribution in [0.15, 0.2) is 0 Å². The van der Waals surface area contributed by atoms with Crippen LogP contribution in [0.3, 0.4) is 0 Å². The van der Waals surface area contributed by atoms with Crippen molar-refractivity contribution in [3.8, 4) is 0 Å². The van der Waals surface area contributed by atoms with Crippen molar-refractivity contribution >= 4 is 35.9 Å². The molecule has 0 radical (unpaired) electrons. The van der Waals surface area contributed by atoms with Crippen LogP contribution in [0.5, 0.6) is 0 Å². The van der Waals surface area contributed by atoms with E-state index in [1.807, 2.05) is 13.8 Å². The summed E-state index contributed by atoms with van der Waals surface area (Å²) in [6, 6.07) is 0. The Labute approximate surface area is 137 Å². The zero-order valence-corrected chi connectivity index (χ0v) is 18.1. The fourth-order valence-electron chi connectivity index (χ4n) is 1.56. The topological polar surface area (TPSA) is 86.7 Å². The molecule has 0 spiro atoms. The SMILES string of the molecule is CCCCS(=O)(=O)O[Si](C)(C)[Si](C)(C)OS(=O)(=O)CCCC. The molecule has 0 aromatic heterocycles. The lowest BCUT2D eigenvalue weighted by Gasteiger charge is -2.35. The van der Waals surface area contributed by atoms with Gasteiger partial charge in [0.15, 0.2) is 0 Å². The normalized spacial score (nSPS) is 14.3. The maximum Gasteiger partial charge on any atom is 0.257 e. The monoisotopic (exact) mass is 390 g/mol. The molecule has 22 heavy (non-hydrogen) atoms. The summed E-state index contributed by atoms with van der Waals surface area (Å²) in [6.45, 7) is 10.7. The Morgan fingerprint density at radius 3 is 1.18 bits per heavy atom. The van der Waals surface area contributed by atoms with Gasteiger partial charge < -0.3 is 7.74 Å². The van der Waals surface area contributed by atoms with E-state index in [1.165, 1.54) is 0 Å². The highest BCUT2D eigenvalue weighted by Gasteiger charge is 2.51. The maximum absolute atomic E-state index is 12.0. The second kappa shape index (κ2) is 8.38. The van der Waals surface area contributed by atoms with Crippen molar-refractivity contribution in [3.63, 3.8) is 0 Å². The van der Waals surface area contributed by atoms with Gasteiger partial charge in [0.25, 0.3) is 20.2 Å². The molecular formula is C12H30O6S2Si2. The molecule has 0 aliphatic heterocycles. The summed E-state index contributed by atoms with van der Waals surface area (Å²) in [4.78, 5) is 0. The predicted molar refractivity (Wildman–Crippen MR) is 94.5 cm³/mol. The highest BCUT2D eigenvalue weighted by Crippen LogP contribution is 2.26. The van der Waals surface area contributed by atoms with Crippen LogP contribution >= 0.6 is 0 Å². The summed E-state index contributed by atoms with van der Waals surface area (Å²) in [6.07, 6.45) is 2.58. The van der Waals surface area contributed by atoms with Gasteiger partial charge in [-0.3, -0.25) is 0 Å². The summed E-state index contributed by atoms with van der Waals surface area (Å²) in [5.41, 5.74) is 0. The van der Waals surface area contributed by atoms with E-state index < -0.39 is 35.9 Å². The van der Waals surface area contributed by atoms with E-state index in [9.17, 15) is 16.8 Å². The van der Waals surface area contributed by atoms with Crippen LogP contribution in [-0.4, -0.2) is 44.0 Å². The molecule has 0 bridgehead atoms. The molecule has 0 N–H and O–H groups in total. The Hall–Kier alpha value is 0.254. The third-order valence-electron chi connectivity index (χ3n) is 3.62. The van der Waals surface area contributed by atoms with Gasteiger partial charge in [-0.2, -0.15) is 0 Å². The third kappa shape index (κ3) is 7.69. The lowest BCUT2D eigenvalue weighted by molar-refractivity contribution is 0.465. The number of hydrogen-bond donors (Lipinski definition) is 0. The smallest absolute Gasteiger partial charge is 0.257 e. The molecule has 6 nitrogen and oxygen atoms in total. The van der Waals surface area contributed by atoms with Crippen LogP contribution in [-0.2, 0) is 28.0 Å². The van der Waals surface area contributed by atoms with Gasteiger partial charge in [0.2, 0.25) is 15.7 Å². The van der Waals surface area contributed by atoms with Crippen LogP contribution in [0.25, 0.3) is 0 Å². The van der Waals surface area contributed by atoms with Gasteiger partial charge in [0.1, 0.15) is 0 Å². The molecule has 0 heterocycles. The third-order valence-corrected chi connectivity index (χ3v) is 23.7. The highest BCUT2D eigenvalue weighted by atomic mass is 32.2. The molecule has 0 saturated heterocycles.